The van der Waals surface area contributed by atoms with Crippen LogP contribution in [0, 0.1) is 11.3 Å². The van der Waals surface area contributed by atoms with Crippen molar-refractivity contribution < 1.29 is 24.2 Å². The molecule has 8 nitrogen and oxygen atoms in total. The van der Waals surface area contributed by atoms with Gasteiger partial charge in [0.05, 0.1) is 6.54 Å². The molecule has 0 aliphatic heterocycles. The normalized spacial score (nSPS) is 11.1. The molecule has 0 aromatic heterocycles. The van der Waals surface area contributed by atoms with Crippen molar-refractivity contribution in [1.29, 1.82) is 5.26 Å². The van der Waals surface area contributed by atoms with E-state index in [1.54, 1.807) is 6.07 Å². The van der Waals surface area contributed by atoms with Gasteiger partial charge in [-0.25, -0.2) is 0 Å². The Hall–Kier alpha value is -2.11. The predicted octanol–water partition coefficient (Wildman–Crippen LogP) is 0.364. The first-order valence-electron chi connectivity index (χ1n) is 6.94. The van der Waals surface area contributed by atoms with Crippen molar-refractivity contribution in [2.75, 3.05) is 27.3 Å². The summed E-state index contributed by atoms with van der Waals surface area (Å²) in [6.07, 6.45) is 2.92. The van der Waals surface area contributed by atoms with Gasteiger partial charge in [-0.3, -0.25) is 9.59 Å². The van der Waals surface area contributed by atoms with Gasteiger partial charge in [-0.2, -0.15) is 5.26 Å². The highest BCUT2D eigenvalue weighted by Crippen LogP contribution is 1.99. The number of hydrogen-bond donors (Lipinski definition) is 3. The van der Waals surface area contributed by atoms with Crippen LogP contribution in [0.2, 0.25) is 0 Å². The van der Waals surface area contributed by atoms with Crippen molar-refractivity contribution in [2.24, 2.45) is 0 Å². The van der Waals surface area contributed by atoms with Crippen LogP contribution in [0.15, 0.2) is 11.8 Å². The Morgan fingerprint density at radius 1 is 1.27 bits per heavy atom. The molecule has 0 saturated carbocycles. The molecule has 0 rings (SSSR count). The maximum Gasteiger partial charge on any atom is 0.303 e. The largest absolute Gasteiger partial charge is 0.481 e. The van der Waals surface area contributed by atoms with Crippen molar-refractivity contribution in [2.45, 2.75) is 32.0 Å². The lowest BCUT2D eigenvalue weighted by Gasteiger charge is -2.12. The first kappa shape index (κ1) is 19.9. The van der Waals surface area contributed by atoms with Gasteiger partial charge in [0.2, 0.25) is 0 Å². The zero-order chi connectivity index (χ0) is 16.8. The van der Waals surface area contributed by atoms with E-state index in [2.05, 4.69) is 10.6 Å². The second-order valence-electron chi connectivity index (χ2n) is 4.44. The van der Waals surface area contributed by atoms with Gasteiger partial charge in [-0.05, 0) is 12.8 Å². The number of methoxy groups -OCH3 is 2. The van der Waals surface area contributed by atoms with Crippen LogP contribution in [0.1, 0.15) is 25.7 Å². The second-order valence-corrected chi connectivity index (χ2v) is 4.44. The lowest BCUT2D eigenvalue weighted by Crippen LogP contribution is -2.29. The molecule has 22 heavy (non-hydrogen) atoms. The smallest absolute Gasteiger partial charge is 0.303 e. The first-order valence-corrected chi connectivity index (χ1v) is 6.94. The molecule has 1 amide bonds. The average Bonchev–Trinajstić information content (AvgIpc) is 2.50. The number of nitriles is 1. The number of nitrogens with one attached hydrogen (secondary N) is 2. The predicted molar refractivity (Wildman–Crippen MR) is 78.6 cm³/mol. The van der Waals surface area contributed by atoms with Crippen molar-refractivity contribution >= 4 is 11.9 Å². The minimum absolute atomic E-state index is 0.0449. The van der Waals surface area contributed by atoms with Crippen molar-refractivity contribution in [3.63, 3.8) is 0 Å². The average molecular weight is 313 g/mol. The number of amides is 1. The Labute approximate surface area is 130 Å². The molecule has 0 fully saturated rings. The molecule has 0 aliphatic rings. The fourth-order valence-electron chi connectivity index (χ4n) is 1.54. The van der Waals surface area contributed by atoms with Gasteiger partial charge < -0.3 is 25.2 Å². The number of unbranched alkanes of at least 4 members (excludes halogenated alkanes) is 2. The zero-order valence-electron chi connectivity index (χ0n) is 12.9. The molecule has 0 radical (unpaired) electrons. The van der Waals surface area contributed by atoms with E-state index in [0.29, 0.717) is 32.4 Å². The van der Waals surface area contributed by atoms with E-state index in [-0.39, 0.29) is 12.0 Å². The van der Waals surface area contributed by atoms with E-state index < -0.39 is 18.2 Å². The fourth-order valence-corrected chi connectivity index (χ4v) is 1.54. The number of hydrogen-bond acceptors (Lipinski definition) is 6. The molecular formula is C14H23N3O5. The number of rotatable bonds is 12. The van der Waals surface area contributed by atoms with Crippen LogP contribution in [0.4, 0.5) is 0 Å². The van der Waals surface area contributed by atoms with E-state index in [0.717, 1.165) is 0 Å². The molecule has 0 aromatic rings. The Balaban J connectivity index is 3.99. The summed E-state index contributed by atoms with van der Waals surface area (Å²) in [5, 5.41) is 22.8. The summed E-state index contributed by atoms with van der Waals surface area (Å²) in [7, 11) is 2.98. The number of carbonyl (C=O) groups is 2. The molecule has 3 N–H and O–H groups in total. The van der Waals surface area contributed by atoms with Crippen LogP contribution >= 0.6 is 0 Å². The first-order chi connectivity index (χ1) is 10.5. The Bertz CT molecular complexity index is 413. The molecule has 0 saturated heterocycles. The van der Waals surface area contributed by atoms with Crippen LogP contribution in [0.3, 0.4) is 0 Å². The SMILES string of the molecule is COC(CN/C=C(/C#N)C(=O)NCCCCCC(=O)O)OC. The van der Waals surface area contributed by atoms with Crippen LogP contribution in [0.5, 0.6) is 0 Å². The summed E-state index contributed by atoms with van der Waals surface area (Å²) in [6.45, 7) is 0.705. The highest BCUT2D eigenvalue weighted by molar-refractivity contribution is 5.97. The van der Waals surface area contributed by atoms with E-state index >= 15 is 0 Å². The summed E-state index contributed by atoms with van der Waals surface area (Å²) in [6, 6.07) is 1.81. The van der Waals surface area contributed by atoms with Crippen molar-refractivity contribution in [3.8, 4) is 6.07 Å². The van der Waals surface area contributed by atoms with Crippen LogP contribution < -0.4 is 10.6 Å². The number of ether oxygens (including phenoxy) is 2. The molecule has 124 valence electrons. The summed E-state index contributed by atoms with van der Waals surface area (Å²) in [5.41, 5.74) is -0.0449. The van der Waals surface area contributed by atoms with E-state index in [1.165, 1.54) is 20.4 Å². The summed E-state index contributed by atoms with van der Waals surface area (Å²) >= 11 is 0. The standard InChI is InChI=1S/C14H23N3O5/c1-21-13(22-2)10-16-9-11(8-15)14(20)17-7-5-3-4-6-12(18)19/h9,13,16H,3-7,10H2,1-2H3,(H,17,20)(H,18,19)/b11-9-. The van der Waals surface area contributed by atoms with Gasteiger partial charge in [-0.15, -0.1) is 0 Å². The summed E-state index contributed by atoms with van der Waals surface area (Å²) < 4.78 is 9.91. The minimum Gasteiger partial charge on any atom is -0.481 e. The van der Waals surface area contributed by atoms with E-state index in [1.807, 2.05) is 0 Å². The maximum absolute atomic E-state index is 11.7. The van der Waals surface area contributed by atoms with Crippen LogP contribution in [-0.4, -0.2) is 50.6 Å². The van der Waals surface area contributed by atoms with Crippen molar-refractivity contribution in [3.05, 3.63) is 11.8 Å². The number of carbonyl (C=O) groups excluding carboxylic acids is 1. The van der Waals surface area contributed by atoms with E-state index in [4.69, 9.17) is 19.8 Å². The lowest BCUT2D eigenvalue weighted by molar-refractivity contribution is -0.137. The van der Waals surface area contributed by atoms with Gasteiger partial charge in [-0.1, -0.05) is 6.42 Å². The quantitative estimate of drug-likeness (QED) is 0.206. The van der Waals surface area contributed by atoms with Gasteiger partial charge >= 0.3 is 5.97 Å². The monoisotopic (exact) mass is 313 g/mol. The molecule has 8 heteroatoms. The minimum atomic E-state index is -0.824. The lowest BCUT2D eigenvalue weighted by atomic mass is 10.2. The van der Waals surface area contributed by atoms with Gasteiger partial charge in [0.15, 0.2) is 6.29 Å². The Kier molecular flexibility index (Phi) is 11.4. The maximum atomic E-state index is 11.7. The molecular weight excluding hydrogens is 290 g/mol. The number of nitrogens with zero attached hydrogens (tertiary/aromatic N) is 1. The third-order valence-electron chi connectivity index (χ3n) is 2.77. The molecule has 0 bridgehead atoms. The van der Waals surface area contributed by atoms with Gasteiger partial charge in [0, 0.05) is 33.4 Å². The summed E-state index contributed by atoms with van der Waals surface area (Å²) in [4.78, 5) is 22.1. The van der Waals surface area contributed by atoms with Gasteiger partial charge in [0.1, 0.15) is 11.6 Å². The summed E-state index contributed by atoms with van der Waals surface area (Å²) in [5.74, 6) is -1.30. The number of aliphatic carboxylic acids is 1. The van der Waals surface area contributed by atoms with E-state index in [9.17, 15) is 9.59 Å². The van der Waals surface area contributed by atoms with Crippen molar-refractivity contribution in [1.82, 2.24) is 10.6 Å². The zero-order valence-corrected chi connectivity index (χ0v) is 12.9. The molecule has 0 heterocycles. The number of carboxylic acid groups (broad SMARTS) is 1. The Morgan fingerprint density at radius 2 is 1.95 bits per heavy atom. The highest BCUT2D eigenvalue weighted by Gasteiger charge is 2.09. The second kappa shape index (κ2) is 12.6. The van der Waals surface area contributed by atoms with Crippen LogP contribution in [-0.2, 0) is 19.1 Å². The molecule has 0 atom stereocenters. The highest BCUT2D eigenvalue weighted by atomic mass is 16.7. The topological polar surface area (TPSA) is 121 Å². The van der Waals surface area contributed by atoms with Gasteiger partial charge in [0.25, 0.3) is 5.91 Å². The van der Waals surface area contributed by atoms with Crippen LogP contribution in [0.25, 0.3) is 0 Å². The third-order valence-corrected chi connectivity index (χ3v) is 2.77. The Morgan fingerprint density at radius 3 is 2.50 bits per heavy atom. The number of carboxylic acids is 1. The molecule has 0 spiro atoms. The molecule has 0 aromatic carbocycles. The third kappa shape index (κ3) is 9.74. The molecule has 0 aliphatic carbocycles. The fraction of sp³-hybridized carbons (Fsp3) is 0.643. The molecule has 0 unspecified atom stereocenters.